The summed E-state index contributed by atoms with van der Waals surface area (Å²) < 4.78 is 4.29. The van der Waals surface area contributed by atoms with Crippen LogP contribution in [0, 0.1) is 0 Å². The third-order valence-corrected chi connectivity index (χ3v) is 1.05. The van der Waals surface area contributed by atoms with Crippen LogP contribution < -0.4 is 5.73 Å². The van der Waals surface area contributed by atoms with E-state index in [9.17, 15) is 4.79 Å². The van der Waals surface area contributed by atoms with Gasteiger partial charge >= 0.3 is 6.09 Å². The van der Waals surface area contributed by atoms with Crippen LogP contribution in [0.5, 0.6) is 0 Å². The first-order valence-corrected chi connectivity index (χ1v) is 2.61. The van der Waals surface area contributed by atoms with Crippen molar-refractivity contribution in [2.75, 3.05) is 14.2 Å². The van der Waals surface area contributed by atoms with Gasteiger partial charge in [0.2, 0.25) is 0 Å². The summed E-state index contributed by atoms with van der Waals surface area (Å²) in [7, 11) is 2.70. The van der Waals surface area contributed by atoms with E-state index >= 15 is 0 Å². The summed E-state index contributed by atoms with van der Waals surface area (Å²) in [6, 6.07) is 0. The highest BCUT2D eigenvalue weighted by Crippen LogP contribution is 1.85. The maximum Gasteiger partial charge on any atom is 0.415 e. The first-order chi connectivity index (χ1) is 4.09. The molecule has 0 fully saturated rings. The SMILES string of the molecule is COC(=O)N(C)C(N)=S. The number of hydrogen-bond donors (Lipinski definition) is 1. The zero-order chi connectivity index (χ0) is 7.44. The molecule has 0 aliphatic rings. The minimum atomic E-state index is -0.553. The third-order valence-electron chi connectivity index (χ3n) is 0.779. The lowest BCUT2D eigenvalue weighted by Crippen LogP contribution is -2.36. The highest BCUT2D eigenvalue weighted by atomic mass is 32.1. The van der Waals surface area contributed by atoms with Gasteiger partial charge in [-0.05, 0) is 12.2 Å². The molecule has 9 heavy (non-hydrogen) atoms. The van der Waals surface area contributed by atoms with Crippen LogP contribution in [-0.2, 0) is 4.74 Å². The number of rotatable bonds is 0. The molecule has 5 heteroatoms. The molecule has 0 bridgehead atoms. The fourth-order valence-electron chi connectivity index (χ4n) is 0.227. The molecule has 0 radical (unpaired) electrons. The zero-order valence-corrected chi connectivity index (χ0v) is 6.07. The number of methoxy groups -OCH3 is 1. The Balaban J connectivity index is 3.88. The average molecular weight is 148 g/mol. The molecule has 0 aromatic heterocycles. The zero-order valence-electron chi connectivity index (χ0n) is 5.25. The molecule has 1 amide bonds. The Morgan fingerprint density at radius 2 is 2.22 bits per heavy atom. The molecule has 0 aliphatic carbocycles. The molecule has 0 spiro atoms. The van der Waals surface area contributed by atoms with Gasteiger partial charge in [0.15, 0.2) is 5.11 Å². The molecular formula is C4H8N2O2S. The van der Waals surface area contributed by atoms with E-state index in [0.29, 0.717) is 0 Å². The molecule has 0 aromatic carbocycles. The summed E-state index contributed by atoms with van der Waals surface area (Å²) in [6.07, 6.45) is -0.553. The Kier molecular flexibility index (Phi) is 2.94. The van der Waals surface area contributed by atoms with Gasteiger partial charge in [0.25, 0.3) is 0 Å². The molecule has 0 unspecified atom stereocenters. The lowest BCUT2D eigenvalue weighted by atomic mass is 10.8. The molecule has 0 atom stereocenters. The van der Waals surface area contributed by atoms with Gasteiger partial charge in [-0.25, -0.2) is 4.79 Å². The van der Waals surface area contributed by atoms with E-state index in [4.69, 9.17) is 5.73 Å². The summed E-state index contributed by atoms with van der Waals surface area (Å²) in [5.41, 5.74) is 5.07. The van der Waals surface area contributed by atoms with E-state index in [1.165, 1.54) is 14.2 Å². The van der Waals surface area contributed by atoms with Gasteiger partial charge in [-0.1, -0.05) is 0 Å². The van der Waals surface area contributed by atoms with Gasteiger partial charge in [0.1, 0.15) is 0 Å². The quantitative estimate of drug-likeness (QED) is 0.488. The summed E-state index contributed by atoms with van der Waals surface area (Å²) >= 11 is 4.46. The minimum Gasteiger partial charge on any atom is -0.452 e. The van der Waals surface area contributed by atoms with Crippen LogP contribution in [0.15, 0.2) is 0 Å². The second-order valence-corrected chi connectivity index (χ2v) is 1.79. The number of hydrogen-bond acceptors (Lipinski definition) is 3. The van der Waals surface area contributed by atoms with Crippen LogP contribution in [0.3, 0.4) is 0 Å². The maximum atomic E-state index is 10.5. The Morgan fingerprint density at radius 3 is 2.33 bits per heavy atom. The maximum absolute atomic E-state index is 10.5. The van der Waals surface area contributed by atoms with Crippen LogP contribution in [0.4, 0.5) is 4.79 Å². The van der Waals surface area contributed by atoms with Crippen molar-refractivity contribution in [2.24, 2.45) is 5.73 Å². The van der Waals surface area contributed by atoms with Crippen molar-refractivity contribution in [1.29, 1.82) is 0 Å². The monoisotopic (exact) mass is 148 g/mol. The second-order valence-electron chi connectivity index (χ2n) is 1.37. The highest BCUT2D eigenvalue weighted by Gasteiger charge is 2.08. The van der Waals surface area contributed by atoms with Crippen molar-refractivity contribution in [2.45, 2.75) is 0 Å². The van der Waals surface area contributed by atoms with E-state index < -0.39 is 6.09 Å². The first kappa shape index (κ1) is 8.16. The molecule has 0 heterocycles. The fraction of sp³-hybridized carbons (Fsp3) is 0.500. The van der Waals surface area contributed by atoms with Crippen LogP contribution in [0.2, 0.25) is 0 Å². The van der Waals surface area contributed by atoms with Crippen LogP contribution in [0.25, 0.3) is 0 Å². The van der Waals surface area contributed by atoms with Gasteiger partial charge in [-0.2, -0.15) is 0 Å². The number of thiocarbonyl (C=S) groups is 1. The Morgan fingerprint density at radius 1 is 1.78 bits per heavy atom. The minimum absolute atomic E-state index is 0.00171. The molecule has 0 aromatic rings. The molecule has 4 nitrogen and oxygen atoms in total. The van der Waals surface area contributed by atoms with Crippen molar-refractivity contribution >= 4 is 23.4 Å². The van der Waals surface area contributed by atoms with Gasteiger partial charge < -0.3 is 10.5 Å². The number of nitrogens with two attached hydrogens (primary N) is 1. The van der Waals surface area contributed by atoms with Gasteiger partial charge in [0.05, 0.1) is 7.11 Å². The molecule has 0 rings (SSSR count). The number of carbonyl (C=O) groups excluding carboxylic acids is 1. The number of ether oxygens (including phenoxy) is 1. The summed E-state index contributed by atoms with van der Waals surface area (Å²) in [5.74, 6) is 0. The first-order valence-electron chi connectivity index (χ1n) is 2.20. The lowest BCUT2D eigenvalue weighted by Gasteiger charge is -2.11. The van der Waals surface area contributed by atoms with E-state index in [1.54, 1.807) is 0 Å². The molecule has 0 saturated heterocycles. The van der Waals surface area contributed by atoms with Crippen molar-refractivity contribution in [1.82, 2.24) is 4.90 Å². The van der Waals surface area contributed by atoms with Crippen LogP contribution in [-0.4, -0.2) is 30.3 Å². The molecule has 52 valence electrons. The number of nitrogens with zero attached hydrogens (tertiary/aromatic N) is 1. The van der Waals surface area contributed by atoms with Gasteiger partial charge in [0, 0.05) is 7.05 Å². The van der Waals surface area contributed by atoms with Gasteiger partial charge in [-0.15, -0.1) is 0 Å². The summed E-state index contributed by atoms with van der Waals surface area (Å²) in [5, 5.41) is 0.00171. The van der Waals surface area contributed by atoms with E-state index in [-0.39, 0.29) is 5.11 Å². The topological polar surface area (TPSA) is 55.6 Å². The Bertz CT molecular complexity index is 137. The molecule has 0 aliphatic heterocycles. The molecule has 0 saturated carbocycles. The van der Waals surface area contributed by atoms with Crippen LogP contribution in [0.1, 0.15) is 0 Å². The number of carbonyl (C=O) groups is 1. The average Bonchev–Trinajstić information content (AvgIpc) is 1.84. The van der Waals surface area contributed by atoms with Gasteiger partial charge in [-0.3, -0.25) is 4.90 Å². The smallest absolute Gasteiger partial charge is 0.415 e. The normalized spacial score (nSPS) is 8.22. The Hall–Kier alpha value is -0.840. The highest BCUT2D eigenvalue weighted by molar-refractivity contribution is 7.80. The van der Waals surface area contributed by atoms with Crippen molar-refractivity contribution in [3.05, 3.63) is 0 Å². The number of amides is 1. The predicted octanol–water partition coefficient (Wildman–Crippen LogP) is -0.0718. The van der Waals surface area contributed by atoms with E-state index in [0.717, 1.165) is 4.90 Å². The second kappa shape index (κ2) is 3.24. The van der Waals surface area contributed by atoms with E-state index in [2.05, 4.69) is 17.0 Å². The molecular weight excluding hydrogens is 140 g/mol. The predicted molar refractivity (Wildman–Crippen MR) is 37.0 cm³/mol. The van der Waals surface area contributed by atoms with E-state index in [1.807, 2.05) is 0 Å². The third kappa shape index (κ3) is 2.27. The van der Waals surface area contributed by atoms with Crippen molar-refractivity contribution in [3.8, 4) is 0 Å². The summed E-state index contributed by atoms with van der Waals surface area (Å²) in [6.45, 7) is 0. The lowest BCUT2D eigenvalue weighted by molar-refractivity contribution is 0.152. The van der Waals surface area contributed by atoms with Crippen LogP contribution >= 0.6 is 12.2 Å². The van der Waals surface area contributed by atoms with Crippen molar-refractivity contribution < 1.29 is 9.53 Å². The summed E-state index contributed by atoms with van der Waals surface area (Å²) in [4.78, 5) is 11.5. The Labute approximate surface area is 58.6 Å². The standard InChI is InChI=1S/C4H8N2O2S/c1-6(3(5)9)4(7)8-2/h1-2H3,(H2,5,9). The largest absolute Gasteiger partial charge is 0.452 e. The molecule has 2 N–H and O–H groups in total. The van der Waals surface area contributed by atoms with Crippen molar-refractivity contribution in [3.63, 3.8) is 0 Å². The fourth-order valence-corrected chi connectivity index (χ4v) is 0.301.